The number of piperazine rings is 1. The van der Waals surface area contributed by atoms with Gasteiger partial charge in [-0.05, 0) is 33.3 Å². The summed E-state index contributed by atoms with van der Waals surface area (Å²) in [6, 6.07) is 1.97. The van der Waals surface area contributed by atoms with E-state index in [9.17, 15) is 4.79 Å². The summed E-state index contributed by atoms with van der Waals surface area (Å²) in [6.07, 6.45) is 5.93. The van der Waals surface area contributed by atoms with Crippen molar-refractivity contribution in [3.05, 3.63) is 24.7 Å². The van der Waals surface area contributed by atoms with Crippen LogP contribution in [0.1, 0.15) is 34.1 Å². The number of amides is 1. The molecule has 2 aromatic rings. The zero-order valence-electron chi connectivity index (χ0n) is 17.2. The standard InChI is InChI=1S/C19H29N7O2/c1-6-15-13-25(9-10-26(15)18(27)28-19(2,3)4)16-7-8-20-17(23-16)22-14-11-21-24(5)12-14/h7-8,11-12,15H,6,9-10,13H2,1-5H3,(H,20,22,23). The SMILES string of the molecule is CCC1CN(c2ccnc(Nc3cnn(C)c3)n2)CCN1C(=O)OC(C)(C)C. The van der Waals surface area contributed by atoms with E-state index >= 15 is 0 Å². The topological polar surface area (TPSA) is 88.4 Å². The van der Waals surface area contributed by atoms with Gasteiger partial charge in [0.1, 0.15) is 11.4 Å². The molecule has 3 rings (SSSR count). The first-order valence-electron chi connectivity index (χ1n) is 9.58. The Hall–Kier alpha value is -2.84. The number of aryl methyl sites for hydroxylation is 1. The molecule has 3 heterocycles. The average molecular weight is 387 g/mol. The zero-order chi connectivity index (χ0) is 20.3. The number of hydrogen-bond acceptors (Lipinski definition) is 7. The molecule has 1 saturated heterocycles. The van der Waals surface area contributed by atoms with Gasteiger partial charge in [0.05, 0.1) is 17.9 Å². The van der Waals surface area contributed by atoms with Crippen molar-refractivity contribution in [2.75, 3.05) is 29.9 Å². The molecule has 28 heavy (non-hydrogen) atoms. The Kier molecular flexibility index (Phi) is 5.71. The second-order valence-corrected chi connectivity index (χ2v) is 7.95. The molecule has 1 aliphatic heterocycles. The van der Waals surface area contributed by atoms with Crippen LogP contribution in [0.5, 0.6) is 0 Å². The van der Waals surface area contributed by atoms with Crippen molar-refractivity contribution < 1.29 is 9.53 Å². The lowest BCUT2D eigenvalue weighted by molar-refractivity contribution is 0.0136. The van der Waals surface area contributed by atoms with Crippen LogP contribution in [0.2, 0.25) is 0 Å². The molecular formula is C19H29N7O2. The van der Waals surface area contributed by atoms with Crippen LogP contribution >= 0.6 is 0 Å². The molecule has 0 spiro atoms. The van der Waals surface area contributed by atoms with Crippen molar-refractivity contribution in [2.24, 2.45) is 7.05 Å². The lowest BCUT2D eigenvalue weighted by Crippen LogP contribution is -2.56. The number of hydrogen-bond donors (Lipinski definition) is 1. The Morgan fingerprint density at radius 3 is 2.79 bits per heavy atom. The molecule has 0 aliphatic carbocycles. The van der Waals surface area contributed by atoms with Crippen molar-refractivity contribution in [1.82, 2.24) is 24.6 Å². The first-order chi connectivity index (χ1) is 13.2. The predicted octanol–water partition coefficient (Wildman–Crippen LogP) is 2.79. The fourth-order valence-corrected chi connectivity index (χ4v) is 3.17. The molecule has 1 unspecified atom stereocenters. The van der Waals surface area contributed by atoms with E-state index in [1.807, 2.05) is 45.0 Å². The van der Waals surface area contributed by atoms with E-state index in [2.05, 4.69) is 32.2 Å². The minimum Gasteiger partial charge on any atom is -0.444 e. The highest BCUT2D eigenvalue weighted by molar-refractivity contribution is 5.69. The van der Waals surface area contributed by atoms with Crippen molar-refractivity contribution in [2.45, 2.75) is 45.8 Å². The van der Waals surface area contributed by atoms with E-state index in [4.69, 9.17) is 4.74 Å². The van der Waals surface area contributed by atoms with Gasteiger partial charge < -0.3 is 19.9 Å². The first kappa shape index (κ1) is 19.9. The monoisotopic (exact) mass is 387 g/mol. The highest BCUT2D eigenvalue weighted by Gasteiger charge is 2.32. The Morgan fingerprint density at radius 2 is 2.14 bits per heavy atom. The van der Waals surface area contributed by atoms with Crippen molar-refractivity contribution >= 4 is 23.5 Å². The molecule has 9 nitrogen and oxygen atoms in total. The summed E-state index contributed by atoms with van der Waals surface area (Å²) in [5.41, 5.74) is 0.340. The summed E-state index contributed by atoms with van der Waals surface area (Å²) < 4.78 is 7.28. The third-order valence-electron chi connectivity index (χ3n) is 4.51. The van der Waals surface area contributed by atoms with Crippen LogP contribution in [0.3, 0.4) is 0 Å². The van der Waals surface area contributed by atoms with Gasteiger partial charge in [-0.25, -0.2) is 9.78 Å². The second kappa shape index (κ2) is 8.04. The number of nitrogens with one attached hydrogen (secondary N) is 1. The van der Waals surface area contributed by atoms with Crippen LogP contribution in [-0.4, -0.2) is 62.0 Å². The van der Waals surface area contributed by atoms with Gasteiger partial charge in [0.15, 0.2) is 0 Å². The van der Waals surface area contributed by atoms with Gasteiger partial charge in [-0.15, -0.1) is 0 Å². The van der Waals surface area contributed by atoms with E-state index in [0.29, 0.717) is 25.6 Å². The molecule has 0 aromatic carbocycles. The van der Waals surface area contributed by atoms with E-state index < -0.39 is 5.60 Å². The van der Waals surface area contributed by atoms with Gasteiger partial charge >= 0.3 is 6.09 Å². The lowest BCUT2D eigenvalue weighted by atomic mass is 10.1. The van der Waals surface area contributed by atoms with Gasteiger partial charge in [0, 0.05) is 39.1 Å². The third kappa shape index (κ3) is 4.90. The van der Waals surface area contributed by atoms with Crippen LogP contribution in [-0.2, 0) is 11.8 Å². The van der Waals surface area contributed by atoms with E-state index in [1.165, 1.54) is 0 Å². The van der Waals surface area contributed by atoms with Crippen LogP contribution in [0.25, 0.3) is 0 Å². The second-order valence-electron chi connectivity index (χ2n) is 7.95. The zero-order valence-corrected chi connectivity index (χ0v) is 17.2. The maximum Gasteiger partial charge on any atom is 0.410 e. The number of carbonyl (C=O) groups excluding carboxylic acids is 1. The molecule has 0 bridgehead atoms. The lowest BCUT2D eigenvalue weighted by Gasteiger charge is -2.41. The molecule has 1 N–H and O–H groups in total. The molecule has 9 heteroatoms. The third-order valence-corrected chi connectivity index (χ3v) is 4.51. The fraction of sp³-hybridized carbons (Fsp3) is 0.579. The Labute approximate surface area is 165 Å². The summed E-state index contributed by atoms with van der Waals surface area (Å²) in [5, 5.41) is 7.30. The maximum atomic E-state index is 12.5. The summed E-state index contributed by atoms with van der Waals surface area (Å²) in [7, 11) is 1.86. The van der Waals surface area contributed by atoms with Gasteiger partial charge in [0.25, 0.3) is 0 Å². The van der Waals surface area contributed by atoms with Gasteiger partial charge in [-0.1, -0.05) is 6.92 Å². The molecule has 0 radical (unpaired) electrons. The van der Waals surface area contributed by atoms with Crippen molar-refractivity contribution in [3.63, 3.8) is 0 Å². The number of anilines is 3. The number of ether oxygens (including phenoxy) is 1. The molecule has 152 valence electrons. The van der Waals surface area contributed by atoms with Crippen molar-refractivity contribution in [1.29, 1.82) is 0 Å². The number of rotatable bonds is 4. The van der Waals surface area contributed by atoms with Crippen LogP contribution in [0.4, 0.5) is 22.2 Å². The average Bonchev–Trinajstić information content (AvgIpc) is 3.04. The predicted molar refractivity (Wildman–Crippen MR) is 108 cm³/mol. The normalized spacial score (nSPS) is 17.5. The Balaban J connectivity index is 1.68. The summed E-state index contributed by atoms with van der Waals surface area (Å²) in [5.74, 6) is 1.36. The molecule has 0 saturated carbocycles. The van der Waals surface area contributed by atoms with E-state index in [1.54, 1.807) is 17.1 Å². The Bertz CT molecular complexity index is 815. The fourth-order valence-electron chi connectivity index (χ4n) is 3.17. The maximum absolute atomic E-state index is 12.5. The molecule has 1 amide bonds. The van der Waals surface area contributed by atoms with Crippen molar-refractivity contribution in [3.8, 4) is 0 Å². The highest BCUT2D eigenvalue weighted by Crippen LogP contribution is 2.22. The number of aromatic nitrogens is 4. The van der Waals surface area contributed by atoms with E-state index in [0.717, 1.165) is 17.9 Å². The summed E-state index contributed by atoms with van der Waals surface area (Å²) in [4.78, 5) is 25.5. The molecule has 2 aromatic heterocycles. The molecular weight excluding hydrogens is 358 g/mol. The van der Waals surface area contributed by atoms with Crippen LogP contribution in [0, 0.1) is 0 Å². The van der Waals surface area contributed by atoms with Gasteiger partial charge in [-0.3, -0.25) is 4.68 Å². The minimum atomic E-state index is -0.494. The molecule has 1 atom stereocenters. The van der Waals surface area contributed by atoms with E-state index in [-0.39, 0.29) is 12.1 Å². The molecule has 1 fully saturated rings. The highest BCUT2D eigenvalue weighted by atomic mass is 16.6. The number of carbonyl (C=O) groups is 1. The van der Waals surface area contributed by atoms with Gasteiger partial charge in [-0.2, -0.15) is 10.1 Å². The number of nitrogens with zero attached hydrogens (tertiary/aromatic N) is 6. The smallest absolute Gasteiger partial charge is 0.410 e. The quantitative estimate of drug-likeness (QED) is 0.863. The Morgan fingerprint density at radius 1 is 1.36 bits per heavy atom. The molecule has 1 aliphatic rings. The van der Waals surface area contributed by atoms with Crippen LogP contribution in [0.15, 0.2) is 24.7 Å². The van der Waals surface area contributed by atoms with Crippen LogP contribution < -0.4 is 10.2 Å². The largest absolute Gasteiger partial charge is 0.444 e. The summed E-state index contributed by atoms with van der Waals surface area (Å²) >= 11 is 0. The summed E-state index contributed by atoms with van der Waals surface area (Å²) in [6.45, 7) is 9.75. The first-order valence-corrected chi connectivity index (χ1v) is 9.58. The minimum absolute atomic E-state index is 0.0771. The van der Waals surface area contributed by atoms with Gasteiger partial charge in [0.2, 0.25) is 5.95 Å².